The van der Waals surface area contributed by atoms with Crippen molar-refractivity contribution in [1.82, 2.24) is 9.62 Å². The highest BCUT2D eigenvalue weighted by molar-refractivity contribution is 7.98. The number of sulfonamides is 1. The molecule has 0 heterocycles. The van der Waals surface area contributed by atoms with Crippen LogP contribution >= 0.6 is 11.8 Å². The van der Waals surface area contributed by atoms with Gasteiger partial charge in [-0.1, -0.05) is 12.1 Å². The Morgan fingerprint density at radius 3 is 2.30 bits per heavy atom. The second-order valence-electron chi connectivity index (χ2n) is 6.12. The van der Waals surface area contributed by atoms with E-state index < -0.39 is 10.0 Å². The number of hydrogen-bond acceptors (Lipinski definition) is 5. The van der Waals surface area contributed by atoms with Gasteiger partial charge in [-0.25, -0.2) is 12.7 Å². The van der Waals surface area contributed by atoms with Crippen molar-refractivity contribution in [2.45, 2.75) is 22.8 Å². The van der Waals surface area contributed by atoms with E-state index in [1.807, 2.05) is 37.4 Å². The lowest BCUT2D eigenvalue weighted by atomic mass is 10.1. The SMILES string of the molecule is COc1ccc(C(=O)N[C@H](C)c2ccc(SC)cc2)cc1S(=O)(=O)N(C)C. The molecule has 2 aromatic rings. The molecule has 6 nitrogen and oxygen atoms in total. The van der Waals surface area contributed by atoms with Crippen molar-refractivity contribution in [1.29, 1.82) is 0 Å². The van der Waals surface area contributed by atoms with Crippen molar-refractivity contribution in [2.75, 3.05) is 27.5 Å². The van der Waals surface area contributed by atoms with Crippen LogP contribution in [0.3, 0.4) is 0 Å². The van der Waals surface area contributed by atoms with E-state index >= 15 is 0 Å². The van der Waals surface area contributed by atoms with Crippen LogP contribution in [0.4, 0.5) is 0 Å². The summed E-state index contributed by atoms with van der Waals surface area (Å²) in [5.74, 6) is -0.157. The molecule has 1 N–H and O–H groups in total. The van der Waals surface area contributed by atoms with Crippen LogP contribution in [0.25, 0.3) is 0 Å². The Hall–Kier alpha value is -2.03. The number of carbonyl (C=O) groups is 1. The molecule has 0 fully saturated rings. The van der Waals surface area contributed by atoms with Crippen LogP contribution in [0.1, 0.15) is 28.9 Å². The highest BCUT2D eigenvalue weighted by Gasteiger charge is 2.24. The van der Waals surface area contributed by atoms with Crippen LogP contribution in [-0.2, 0) is 10.0 Å². The normalized spacial score (nSPS) is 12.7. The molecule has 0 bridgehead atoms. The van der Waals surface area contributed by atoms with Gasteiger partial charge in [0.2, 0.25) is 10.0 Å². The summed E-state index contributed by atoms with van der Waals surface area (Å²) < 4.78 is 31.2. The zero-order chi connectivity index (χ0) is 20.2. The number of rotatable bonds is 7. The Morgan fingerprint density at radius 2 is 1.78 bits per heavy atom. The third-order valence-corrected chi connectivity index (χ3v) is 6.73. The summed E-state index contributed by atoms with van der Waals surface area (Å²) in [7, 11) is 0.520. The molecular formula is C19H24N2O4S2. The highest BCUT2D eigenvalue weighted by Crippen LogP contribution is 2.27. The number of carbonyl (C=O) groups excluding carboxylic acids is 1. The van der Waals surface area contributed by atoms with E-state index in [1.165, 1.54) is 33.3 Å². The minimum Gasteiger partial charge on any atom is -0.495 e. The van der Waals surface area contributed by atoms with E-state index in [9.17, 15) is 13.2 Å². The number of nitrogens with one attached hydrogen (secondary N) is 1. The highest BCUT2D eigenvalue weighted by atomic mass is 32.2. The summed E-state index contributed by atoms with van der Waals surface area (Å²) in [4.78, 5) is 13.7. The molecule has 2 rings (SSSR count). The van der Waals surface area contributed by atoms with Gasteiger partial charge in [0.25, 0.3) is 5.91 Å². The summed E-state index contributed by atoms with van der Waals surface area (Å²) >= 11 is 1.65. The molecule has 0 unspecified atom stereocenters. The quantitative estimate of drug-likeness (QED) is 0.712. The molecule has 0 saturated heterocycles. The Balaban J connectivity index is 2.28. The average molecular weight is 409 g/mol. The molecule has 0 saturated carbocycles. The number of thioether (sulfide) groups is 1. The summed E-state index contributed by atoms with van der Waals surface area (Å²) in [6, 6.07) is 12.1. The fourth-order valence-electron chi connectivity index (χ4n) is 2.47. The molecule has 1 atom stereocenters. The van der Waals surface area contributed by atoms with Gasteiger partial charge in [0, 0.05) is 24.6 Å². The van der Waals surface area contributed by atoms with Crippen LogP contribution in [0.5, 0.6) is 5.75 Å². The third-order valence-electron chi connectivity index (χ3n) is 4.15. The minimum absolute atomic E-state index is 0.0420. The van der Waals surface area contributed by atoms with Crippen LogP contribution in [0.15, 0.2) is 52.3 Å². The predicted octanol–water partition coefficient (Wildman–Crippen LogP) is 3.16. The Bertz CT molecular complexity index is 910. The van der Waals surface area contributed by atoms with Gasteiger partial charge in [0.15, 0.2) is 0 Å². The van der Waals surface area contributed by atoms with Crippen molar-refractivity contribution >= 4 is 27.7 Å². The average Bonchev–Trinajstić information content (AvgIpc) is 2.67. The standard InChI is InChI=1S/C19H24N2O4S2/c1-13(14-6-9-16(26-5)10-7-14)20-19(22)15-8-11-17(25-4)18(12-15)27(23,24)21(2)3/h6-13H,1-5H3,(H,20,22)/t13-/m1/s1. The number of amides is 1. The van der Waals surface area contributed by atoms with Gasteiger partial charge in [0.1, 0.15) is 10.6 Å². The minimum atomic E-state index is -3.74. The third kappa shape index (κ3) is 4.82. The van der Waals surface area contributed by atoms with E-state index in [0.717, 1.165) is 14.8 Å². The summed E-state index contributed by atoms with van der Waals surface area (Å²) in [5, 5.41) is 2.90. The van der Waals surface area contributed by atoms with Crippen molar-refractivity contribution in [3.63, 3.8) is 0 Å². The number of ether oxygens (including phenoxy) is 1. The van der Waals surface area contributed by atoms with Gasteiger partial charge in [-0.05, 0) is 49.1 Å². The number of nitrogens with zero attached hydrogens (tertiary/aromatic N) is 1. The van der Waals surface area contributed by atoms with E-state index in [4.69, 9.17) is 4.74 Å². The Morgan fingerprint density at radius 1 is 1.15 bits per heavy atom. The van der Waals surface area contributed by atoms with E-state index in [2.05, 4.69) is 5.32 Å². The molecule has 1 amide bonds. The van der Waals surface area contributed by atoms with Crippen LogP contribution in [0, 0.1) is 0 Å². The van der Waals surface area contributed by atoms with Gasteiger partial charge in [0.05, 0.1) is 13.2 Å². The molecule has 8 heteroatoms. The van der Waals surface area contributed by atoms with Crippen LogP contribution < -0.4 is 10.1 Å². The second-order valence-corrected chi connectivity index (χ2v) is 9.12. The fraction of sp³-hybridized carbons (Fsp3) is 0.316. The van der Waals surface area contributed by atoms with Crippen LogP contribution in [-0.4, -0.2) is 46.1 Å². The number of methoxy groups -OCH3 is 1. The van der Waals surface area contributed by atoms with Gasteiger partial charge >= 0.3 is 0 Å². The Kier molecular flexibility index (Phi) is 6.91. The number of hydrogen-bond donors (Lipinski definition) is 1. The monoisotopic (exact) mass is 408 g/mol. The molecule has 146 valence electrons. The molecular weight excluding hydrogens is 384 g/mol. The molecule has 0 spiro atoms. The first-order valence-corrected chi connectivity index (χ1v) is 10.9. The lowest BCUT2D eigenvalue weighted by molar-refractivity contribution is 0.0939. The zero-order valence-electron chi connectivity index (χ0n) is 16.0. The maximum absolute atomic E-state index is 12.6. The lowest BCUT2D eigenvalue weighted by Gasteiger charge is -2.17. The lowest BCUT2D eigenvalue weighted by Crippen LogP contribution is -2.27. The summed E-state index contributed by atoms with van der Waals surface area (Å²) in [5.41, 5.74) is 1.22. The van der Waals surface area contributed by atoms with Gasteiger partial charge in [-0.15, -0.1) is 11.8 Å². The van der Waals surface area contributed by atoms with Crippen molar-refractivity contribution in [3.8, 4) is 5.75 Å². The van der Waals surface area contributed by atoms with Crippen molar-refractivity contribution in [3.05, 3.63) is 53.6 Å². The molecule has 0 aliphatic carbocycles. The first kappa shape index (κ1) is 21.3. The second kappa shape index (κ2) is 8.77. The predicted molar refractivity (Wildman–Crippen MR) is 108 cm³/mol. The van der Waals surface area contributed by atoms with Crippen LogP contribution in [0.2, 0.25) is 0 Å². The molecule has 0 aliphatic heterocycles. The number of benzene rings is 2. The molecule has 0 aliphatic rings. The van der Waals surface area contributed by atoms with Gasteiger partial charge < -0.3 is 10.1 Å². The molecule has 27 heavy (non-hydrogen) atoms. The maximum atomic E-state index is 12.6. The first-order chi connectivity index (χ1) is 12.7. The summed E-state index contributed by atoms with van der Waals surface area (Å²) in [6.07, 6.45) is 2.00. The molecule has 0 radical (unpaired) electrons. The topological polar surface area (TPSA) is 75.7 Å². The molecule has 0 aromatic heterocycles. The van der Waals surface area contributed by atoms with E-state index in [-0.39, 0.29) is 28.2 Å². The van der Waals surface area contributed by atoms with Gasteiger partial charge in [-0.2, -0.15) is 0 Å². The van der Waals surface area contributed by atoms with E-state index in [1.54, 1.807) is 17.8 Å². The zero-order valence-corrected chi connectivity index (χ0v) is 17.6. The Labute approximate surface area is 165 Å². The maximum Gasteiger partial charge on any atom is 0.251 e. The largest absolute Gasteiger partial charge is 0.495 e. The van der Waals surface area contributed by atoms with Crippen molar-refractivity contribution < 1.29 is 17.9 Å². The van der Waals surface area contributed by atoms with Crippen molar-refractivity contribution in [2.24, 2.45) is 0 Å². The van der Waals surface area contributed by atoms with Gasteiger partial charge in [-0.3, -0.25) is 4.79 Å². The molecule has 2 aromatic carbocycles. The first-order valence-electron chi connectivity index (χ1n) is 8.26. The smallest absolute Gasteiger partial charge is 0.251 e. The summed E-state index contributed by atoms with van der Waals surface area (Å²) in [6.45, 7) is 1.88. The van der Waals surface area contributed by atoms with E-state index in [0.29, 0.717) is 0 Å². The fourth-order valence-corrected chi connectivity index (χ4v) is 3.96.